The molecule has 4 heterocycles. The minimum atomic E-state index is -4.09. The van der Waals surface area contributed by atoms with Gasteiger partial charge in [0.15, 0.2) is 17.3 Å². The molecule has 11 rings (SSSR count). The molecule has 0 aromatic carbocycles. The van der Waals surface area contributed by atoms with Crippen LogP contribution in [-0.4, -0.2) is 178 Å². The fourth-order valence-corrected chi connectivity index (χ4v) is 24.8. The molecule has 20 nitrogen and oxygen atoms in total. The SMILES string of the molecule is CC(C)N1CCCCC1C(=O)N[C@H](C(=O)C[C@H](C(=O)N1C[C@]2(C[C@H]1C(=O)O)C(C)(C)C21CCC1)C(C)(C)C)C1CCCCC1.CC[C@@H]1C[C@]1(CC(=O)[C@@H]1C[C@@]2(CN1C(=O)[C@@H](CC(=O)[C@@H](NC(=O)C1CCCCN1C(C)C)C1CCCCC1)C(C)(C)C)C(C)(C)C21CCC1)C(=O)NS(=O)(=O)N(CC)CC. The van der Waals surface area contributed by atoms with Crippen LogP contribution < -0.4 is 15.4 Å². The molecular formula is C83H138N8O12S. The first-order valence-electron chi connectivity index (χ1n) is 41.5. The van der Waals surface area contributed by atoms with E-state index in [1.807, 2.05) is 48.5 Å². The summed E-state index contributed by atoms with van der Waals surface area (Å²) in [6.45, 7) is 37.9. The standard InChI is InChI=1S/C47H79N5O7S.C36H59N3O5/c1-11-33-27-45(33,42(57)49-60(58,59)50(12-2)13-3)29-38(54)36-28-47(44(9,10)46(47)23-19-24-46)30-52(36)41(56)34(43(6,7)8)26-37(53)39(32-20-15-14-16-21-32)48-40(55)35-22-17-18-25-51(35)31(4)5;1-23(2)38-19-12-11-16-26(38)30(41)37-29(24-14-9-8-10-15-24)28(40)20-25(33(3,4)5)31(42)39-22-36(21-27(39)32(43)44)34(6,7)35(36)17-13-18-35/h31-36,39H,11-30H2,1-10H3,(H,48,55)(H,49,57);23-27,29H,8-22H2,1-7H3,(H,37,41)(H,43,44)/t33-,34-,35?,36+,39+,45-,47-;25-,26?,27+,29+,36-/m11/s1. The summed E-state index contributed by atoms with van der Waals surface area (Å²) in [4.78, 5) is 136. The van der Waals surface area contributed by atoms with E-state index in [1.165, 1.54) is 10.7 Å². The second-order valence-corrected chi connectivity index (χ2v) is 40.4. The van der Waals surface area contributed by atoms with Crippen LogP contribution in [-0.2, 0) is 53.4 Å². The van der Waals surface area contributed by atoms with Crippen LogP contribution in [0.2, 0.25) is 0 Å². The number of carbonyl (C=O) groups is 9. The number of piperidine rings is 2. The third-order valence-electron chi connectivity index (χ3n) is 30.8. The van der Waals surface area contributed by atoms with E-state index in [0.717, 1.165) is 148 Å². The lowest BCUT2D eigenvalue weighted by Crippen LogP contribution is -2.57. The smallest absolute Gasteiger partial charge is 0.326 e. The van der Waals surface area contributed by atoms with Crippen molar-refractivity contribution < 1.29 is 56.7 Å². The van der Waals surface area contributed by atoms with Gasteiger partial charge in [-0.3, -0.25) is 48.2 Å². The monoisotopic (exact) mass is 1470 g/mol. The van der Waals surface area contributed by atoms with Crippen molar-refractivity contribution in [2.75, 3.05) is 39.3 Å². The van der Waals surface area contributed by atoms with Gasteiger partial charge in [-0.25, -0.2) is 9.52 Å². The molecule has 0 aromatic rings. The van der Waals surface area contributed by atoms with Crippen molar-refractivity contribution in [3.05, 3.63) is 0 Å². The van der Waals surface area contributed by atoms with Gasteiger partial charge in [0.05, 0.1) is 35.6 Å². The van der Waals surface area contributed by atoms with Gasteiger partial charge in [-0.15, -0.1) is 0 Å². The maximum Gasteiger partial charge on any atom is 0.326 e. The number of rotatable bonds is 26. The Balaban J connectivity index is 0.000000234. The Labute approximate surface area is 625 Å². The van der Waals surface area contributed by atoms with Gasteiger partial charge in [0.1, 0.15) is 6.04 Å². The molecule has 0 bridgehead atoms. The molecule has 11 fully saturated rings. The minimum absolute atomic E-state index is 0.00732. The van der Waals surface area contributed by atoms with Crippen LogP contribution in [0.1, 0.15) is 304 Å². The fraction of sp³-hybridized carbons (Fsp3) is 0.892. The Morgan fingerprint density at radius 1 is 0.510 bits per heavy atom. The van der Waals surface area contributed by atoms with Gasteiger partial charge in [-0.1, -0.05) is 161 Å². The lowest BCUT2D eigenvalue weighted by molar-refractivity contribution is -0.152. The van der Waals surface area contributed by atoms with E-state index in [-0.39, 0.29) is 148 Å². The number of amides is 5. The molecule has 588 valence electrons. The lowest BCUT2D eigenvalue weighted by Gasteiger charge is -2.40. The summed E-state index contributed by atoms with van der Waals surface area (Å²) in [6.07, 6.45) is 24.0. The molecule has 4 aliphatic heterocycles. The zero-order valence-corrected chi connectivity index (χ0v) is 68.2. The Morgan fingerprint density at radius 3 is 1.22 bits per heavy atom. The lowest BCUT2D eigenvalue weighted by atomic mass is 9.73. The molecular weight excluding hydrogens is 1330 g/mol. The summed E-state index contributed by atoms with van der Waals surface area (Å²) in [7, 11) is -4.09. The van der Waals surface area contributed by atoms with Crippen molar-refractivity contribution in [2.24, 2.45) is 78.3 Å². The van der Waals surface area contributed by atoms with Crippen LogP contribution in [0.3, 0.4) is 0 Å². The number of likely N-dealkylation sites (tertiary alicyclic amines) is 4. The van der Waals surface area contributed by atoms with Crippen LogP contribution >= 0.6 is 0 Å². The Bertz CT molecular complexity index is 3310. The van der Waals surface area contributed by atoms with Crippen molar-refractivity contribution in [3.8, 4) is 0 Å². The molecule has 104 heavy (non-hydrogen) atoms. The number of aliphatic carboxylic acids is 1. The topological polar surface area (TPSA) is 260 Å². The predicted octanol–water partition coefficient (Wildman–Crippen LogP) is 12.6. The van der Waals surface area contributed by atoms with E-state index in [1.54, 1.807) is 23.6 Å². The van der Waals surface area contributed by atoms with Crippen LogP contribution in [0.25, 0.3) is 0 Å². The van der Waals surface area contributed by atoms with Crippen LogP contribution in [0.5, 0.6) is 0 Å². The van der Waals surface area contributed by atoms with Gasteiger partial charge in [0.25, 0.3) is 0 Å². The first-order chi connectivity index (χ1) is 48.7. The Kier molecular flexibility index (Phi) is 24.4. The predicted molar refractivity (Wildman–Crippen MR) is 404 cm³/mol. The van der Waals surface area contributed by atoms with Crippen molar-refractivity contribution in [2.45, 2.75) is 352 Å². The molecule has 21 heteroatoms. The molecule has 0 radical (unpaired) electrons. The molecule has 12 atom stereocenters. The molecule has 5 amide bonds. The summed E-state index contributed by atoms with van der Waals surface area (Å²) in [5.41, 5.74) is -2.65. The zero-order chi connectivity index (χ0) is 76.5. The van der Waals surface area contributed by atoms with E-state index >= 15 is 4.79 Å². The Hall–Kier alpha value is -4.34. The normalized spacial score (nSPS) is 31.3. The molecule has 4 saturated heterocycles. The van der Waals surface area contributed by atoms with Gasteiger partial charge in [-0.05, 0) is 187 Å². The van der Waals surface area contributed by atoms with Crippen LogP contribution in [0, 0.1) is 78.3 Å². The average Bonchev–Trinajstić information content (AvgIpc) is 1.46. The molecule has 4 N–H and O–H groups in total. The highest BCUT2D eigenvalue weighted by Crippen LogP contribution is 2.89. The molecule has 11 aliphatic rings. The second-order valence-electron chi connectivity index (χ2n) is 38.8. The second kappa shape index (κ2) is 30.8. The van der Waals surface area contributed by atoms with E-state index < -0.39 is 74.3 Å². The molecule has 2 unspecified atom stereocenters. The van der Waals surface area contributed by atoms with Crippen LogP contribution in [0.15, 0.2) is 0 Å². The number of ketones is 3. The molecule has 0 aromatic heterocycles. The van der Waals surface area contributed by atoms with Crippen molar-refractivity contribution in [3.63, 3.8) is 0 Å². The maximum atomic E-state index is 15.4. The number of carboxylic acids is 1. The van der Waals surface area contributed by atoms with E-state index in [2.05, 4.69) is 80.5 Å². The first-order valence-corrected chi connectivity index (χ1v) is 43.0. The van der Waals surface area contributed by atoms with Gasteiger partial charge in [-0.2, -0.15) is 12.7 Å². The van der Waals surface area contributed by atoms with Crippen molar-refractivity contribution in [1.82, 2.24) is 39.3 Å². The maximum absolute atomic E-state index is 15.4. The molecule has 7 saturated carbocycles. The number of nitrogens with zero attached hydrogens (tertiary/aromatic N) is 5. The first kappa shape index (κ1) is 82.2. The highest BCUT2D eigenvalue weighted by Gasteiger charge is 2.86. The van der Waals surface area contributed by atoms with Crippen molar-refractivity contribution >= 4 is 63.1 Å². The quantitative estimate of drug-likeness (QED) is 0.0628. The number of nitrogens with one attached hydrogen (secondary N) is 3. The highest BCUT2D eigenvalue weighted by atomic mass is 32.2. The van der Waals surface area contributed by atoms with Gasteiger partial charge in [0.2, 0.25) is 29.5 Å². The summed E-state index contributed by atoms with van der Waals surface area (Å²) in [5, 5.41) is 16.8. The van der Waals surface area contributed by atoms with Gasteiger partial charge in [0, 0.05) is 80.2 Å². The van der Waals surface area contributed by atoms with Crippen molar-refractivity contribution in [1.29, 1.82) is 0 Å². The fourth-order valence-electron chi connectivity index (χ4n) is 23.6. The van der Waals surface area contributed by atoms with E-state index in [9.17, 15) is 51.9 Å². The van der Waals surface area contributed by atoms with E-state index in [4.69, 9.17) is 0 Å². The molecule has 4 spiro atoms. The third kappa shape index (κ3) is 14.8. The number of hydrogen-bond donors (Lipinski definition) is 4. The summed E-state index contributed by atoms with van der Waals surface area (Å²) in [5.74, 6) is -3.98. The minimum Gasteiger partial charge on any atom is -0.480 e. The van der Waals surface area contributed by atoms with Gasteiger partial charge >= 0.3 is 16.2 Å². The van der Waals surface area contributed by atoms with Crippen LogP contribution in [0.4, 0.5) is 0 Å². The summed E-state index contributed by atoms with van der Waals surface area (Å²) >= 11 is 0. The Morgan fingerprint density at radius 2 is 0.894 bits per heavy atom. The number of hydrogen-bond acceptors (Lipinski definition) is 13. The number of carbonyl (C=O) groups excluding carboxylic acids is 8. The third-order valence-corrected chi connectivity index (χ3v) is 32.5. The largest absolute Gasteiger partial charge is 0.480 e. The van der Waals surface area contributed by atoms with Gasteiger partial charge < -0.3 is 25.5 Å². The molecule has 7 aliphatic carbocycles. The van der Waals surface area contributed by atoms with E-state index in [0.29, 0.717) is 38.8 Å². The number of Topliss-reactive ketones (excluding diaryl/α,β-unsaturated/α-hetero) is 3. The number of fused-ring (bicyclic) bond motifs is 2. The number of carboxylic acid groups (broad SMARTS) is 1. The summed E-state index contributed by atoms with van der Waals surface area (Å²) < 4.78 is 30.0. The zero-order valence-electron chi connectivity index (χ0n) is 67.3. The summed E-state index contributed by atoms with van der Waals surface area (Å²) in [6, 6.07) is -2.99. The highest BCUT2D eigenvalue weighted by molar-refractivity contribution is 7.87. The average molecular weight is 1470 g/mol.